The van der Waals surface area contributed by atoms with Crippen molar-refractivity contribution < 1.29 is 4.74 Å². The first-order valence-electron chi connectivity index (χ1n) is 5.77. The lowest BCUT2D eigenvalue weighted by Crippen LogP contribution is -2.34. The van der Waals surface area contributed by atoms with Crippen molar-refractivity contribution in [1.82, 2.24) is 0 Å². The normalized spacial score (nSPS) is 14.5. The van der Waals surface area contributed by atoms with Gasteiger partial charge >= 0.3 is 0 Å². The van der Waals surface area contributed by atoms with Gasteiger partial charge in [0.05, 0.1) is 0 Å². The fraction of sp³-hybridized carbons (Fsp3) is 0.538. The van der Waals surface area contributed by atoms with Crippen LogP contribution in [-0.4, -0.2) is 12.6 Å². The summed E-state index contributed by atoms with van der Waals surface area (Å²) in [5, 5.41) is 0.688. The van der Waals surface area contributed by atoms with Gasteiger partial charge in [-0.15, -0.1) is 0 Å². The SMILES string of the molecule is CCCC(C)C(N)COc1cccc(Cl)c1. The fourth-order valence-corrected chi connectivity index (χ4v) is 1.76. The highest BCUT2D eigenvalue weighted by atomic mass is 35.5. The Morgan fingerprint density at radius 3 is 2.81 bits per heavy atom. The minimum atomic E-state index is 0.0823. The van der Waals surface area contributed by atoms with E-state index < -0.39 is 0 Å². The summed E-state index contributed by atoms with van der Waals surface area (Å²) in [5.74, 6) is 1.27. The summed E-state index contributed by atoms with van der Waals surface area (Å²) in [6.45, 7) is 4.87. The Morgan fingerprint density at radius 1 is 1.44 bits per heavy atom. The lowest BCUT2D eigenvalue weighted by Gasteiger charge is -2.19. The first kappa shape index (κ1) is 13.3. The minimum absolute atomic E-state index is 0.0823. The second-order valence-corrected chi connectivity index (χ2v) is 4.63. The Labute approximate surface area is 103 Å². The Bertz CT molecular complexity index is 317. The van der Waals surface area contributed by atoms with Crippen molar-refractivity contribution in [2.75, 3.05) is 6.61 Å². The van der Waals surface area contributed by atoms with Gasteiger partial charge in [-0.1, -0.05) is 37.9 Å². The van der Waals surface area contributed by atoms with Gasteiger partial charge in [0.25, 0.3) is 0 Å². The van der Waals surface area contributed by atoms with E-state index in [1.165, 1.54) is 0 Å². The molecule has 0 saturated carbocycles. The van der Waals surface area contributed by atoms with Gasteiger partial charge in [0.2, 0.25) is 0 Å². The van der Waals surface area contributed by atoms with E-state index in [1.54, 1.807) is 6.07 Å². The molecule has 1 aromatic carbocycles. The van der Waals surface area contributed by atoms with E-state index in [2.05, 4.69) is 13.8 Å². The van der Waals surface area contributed by atoms with Crippen LogP contribution < -0.4 is 10.5 Å². The zero-order valence-corrected chi connectivity index (χ0v) is 10.7. The maximum absolute atomic E-state index is 6.03. The van der Waals surface area contributed by atoms with Crippen LogP contribution in [0.1, 0.15) is 26.7 Å². The molecule has 0 bridgehead atoms. The first-order valence-corrected chi connectivity index (χ1v) is 6.15. The van der Waals surface area contributed by atoms with Crippen LogP contribution in [0.5, 0.6) is 5.75 Å². The average molecular weight is 242 g/mol. The number of halogens is 1. The van der Waals surface area contributed by atoms with E-state index in [-0.39, 0.29) is 6.04 Å². The van der Waals surface area contributed by atoms with Crippen molar-refractivity contribution in [3.8, 4) is 5.75 Å². The number of hydrogen-bond acceptors (Lipinski definition) is 2. The third kappa shape index (κ3) is 4.42. The number of hydrogen-bond donors (Lipinski definition) is 1. The Balaban J connectivity index is 2.39. The molecule has 2 nitrogen and oxygen atoms in total. The molecule has 2 unspecified atom stereocenters. The second kappa shape index (κ2) is 6.77. The highest BCUT2D eigenvalue weighted by molar-refractivity contribution is 6.30. The molecule has 3 heteroatoms. The maximum Gasteiger partial charge on any atom is 0.120 e. The second-order valence-electron chi connectivity index (χ2n) is 4.20. The van der Waals surface area contributed by atoms with Crippen LogP contribution in [-0.2, 0) is 0 Å². The van der Waals surface area contributed by atoms with Crippen molar-refractivity contribution in [3.63, 3.8) is 0 Å². The summed E-state index contributed by atoms with van der Waals surface area (Å²) in [5.41, 5.74) is 6.03. The molecule has 0 aromatic heterocycles. The molecule has 0 amide bonds. The zero-order chi connectivity index (χ0) is 12.0. The van der Waals surface area contributed by atoms with Crippen molar-refractivity contribution >= 4 is 11.6 Å². The van der Waals surface area contributed by atoms with E-state index in [1.807, 2.05) is 18.2 Å². The van der Waals surface area contributed by atoms with Gasteiger partial charge in [0.15, 0.2) is 0 Å². The third-order valence-corrected chi connectivity index (χ3v) is 2.95. The molecule has 0 fully saturated rings. The molecule has 0 spiro atoms. The van der Waals surface area contributed by atoms with Gasteiger partial charge in [0, 0.05) is 11.1 Å². The monoisotopic (exact) mass is 241 g/mol. The predicted octanol–water partition coefficient (Wildman–Crippen LogP) is 3.48. The van der Waals surface area contributed by atoms with Crippen molar-refractivity contribution in [2.24, 2.45) is 11.7 Å². The molecular weight excluding hydrogens is 222 g/mol. The summed E-state index contributed by atoms with van der Waals surface area (Å²) in [4.78, 5) is 0. The van der Waals surface area contributed by atoms with Crippen LogP contribution in [0.2, 0.25) is 5.02 Å². The number of benzene rings is 1. The summed E-state index contributed by atoms with van der Waals surface area (Å²) in [6.07, 6.45) is 2.30. The highest BCUT2D eigenvalue weighted by Crippen LogP contribution is 2.18. The molecule has 16 heavy (non-hydrogen) atoms. The molecule has 1 aromatic rings. The van der Waals surface area contributed by atoms with Gasteiger partial charge in [-0.2, -0.15) is 0 Å². The predicted molar refractivity (Wildman–Crippen MR) is 69.0 cm³/mol. The molecule has 0 aliphatic rings. The summed E-state index contributed by atoms with van der Waals surface area (Å²) in [6, 6.07) is 7.48. The van der Waals surface area contributed by atoms with Gasteiger partial charge in [-0.05, 0) is 30.5 Å². The van der Waals surface area contributed by atoms with E-state index in [4.69, 9.17) is 22.1 Å². The number of nitrogens with two attached hydrogens (primary N) is 1. The smallest absolute Gasteiger partial charge is 0.120 e. The van der Waals surface area contributed by atoms with Crippen molar-refractivity contribution in [3.05, 3.63) is 29.3 Å². The summed E-state index contributed by atoms with van der Waals surface area (Å²) in [7, 11) is 0. The Kier molecular flexibility index (Phi) is 5.64. The van der Waals surface area contributed by atoms with Crippen LogP contribution in [0.3, 0.4) is 0 Å². The van der Waals surface area contributed by atoms with Gasteiger partial charge in [0.1, 0.15) is 12.4 Å². The fourth-order valence-electron chi connectivity index (χ4n) is 1.58. The lowest BCUT2D eigenvalue weighted by molar-refractivity contribution is 0.247. The van der Waals surface area contributed by atoms with Gasteiger partial charge in [-0.3, -0.25) is 0 Å². The van der Waals surface area contributed by atoms with Crippen LogP contribution >= 0.6 is 11.6 Å². The quantitative estimate of drug-likeness (QED) is 0.828. The first-order chi connectivity index (χ1) is 7.63. The van der Waals surface area contributed by atoms with Crippen molar-refractivity contribution in [1.29, 1.82) is 0 Å². The zero-order valence-electron chi connectivity index (χ0n) is 9.95. The van der Waals surface area contributed by atoms with Gasteiger partial charge < -0.3 is 10.5 Å². The van der Waals surface area contributed by atoms with Crippen LogP contribution in [0.25, 0.3) is 0 Å². The molecule has 0 heterocycles. The third-order valence-electron chi connectivity index (χ3n) is 2.71. The Hall–Kier alpha value is -0.730. The molecule has 0 aliphatic carbocycles. The molecule has 0 radical (unpaired) electrons. The minimum Gasteiger partial charge on any atom is -0.492 e. The van der Waals surface area contributed by atoms with Crippen LogP contribution in [0, 0.1) is 5.92 Å². The maximum atomic E-state index is 6.03. The molecule has 2 N–H and O–H groups in total. The molecule has 90 valence electrons. The van der Waals surface area contributed by atoms with E-state index in [0.717, 1.165) is 18.6 Å². The van der Waals surface area contributed by atoms with E-state index >= 15 is 0 Å². The van der Waals surface area contributed by atoms with E-state index in [9.17, 15) is 0 Å². The molecular formula is C13H20ClNO. The van der Waals surface area contributed by atoms with E-state index in [0.29, 0.717) is 17.5 Å². The van der Waals surface area contributed by atoms with Crippen LogP contribution in [0.4, 0.5) is 0 Å². The molecule has 0 saturated heterocycles. The standard InChI is InChI=1S/C13H20ClNO/c1-3-5-10(2)13(15)9-16-12-7-4-6-11(14)8-12/h4,6-8,10,13H,3,5,9,15H2,1-2H3. The highest BCUT2D eigenvalue weighted by Gasteiger charge is 2.12. The number of ether oxygens (including phenoxy) is 1. The Morgan fingerprint density at radius 2 is 2.19 bits per heavy atom. The number of rotatable bonds is 6. The van der Waals surface area contributed by atoms with Gasteiger partial charge in [-0.25, -0.2) is 0 Å². The summed E-state index contributed by atoms with van der Waals surface area (Å²) >= 11 is 5.86. The topological polar surface area (TPSA) is 35.2 Å². The average Bonchev–Trinajstić information content (AvgIpc) is 2.26. The largest absolute Gasteiger partial charge is 0.492 e. The van der Waals surface area contributed by atoms with Crippen molar-refractivity contribution in [2.45, 2.75) is 32.7 Å². The van der Waals surface area contributed by atoms with Crippen LogP contribution in [0.15, 0.2) is 24.3 Å². The lowest BCUT2D eigenvalue weighted by atomic mass is 9.98. The molecule has 0 aliphatic heterocycles. The molecule has 2 atom stereocenters. The molecule has 1 rings (SSSR count). The summed E-state index contributed by atoms with van der Waals surface area (Å²) < 4.78 is 5.61.